The molecule has 3 nitrogen and oxygen atoms in total. The number of ether oxygens (including phenoxy) is 1. The second-order valence-electron chi connectivity index (χ2n) is 4.46. The zero-order chi connectivity index (χ0) is 12.8. The minimum Gasteiger partial charge on any atom is -0.489 e. The molecule has 0 aliphatic heterocycles. The quantitative estimate of drug-likeness (QED) is 0.606. The van der Waals surface area contributed by atoms with Gasteiger partial charge in [0.15, 0.2) is 0 Å². The van der Waals surface area contributed by atoms with Crippen molar-refractivity contribution in [2.24, 2.45) is 5.92 Å². The summed E-state index contributed by atoms with van der Waals surface area (Å²) in [7, 11) is 0. The molecule has 0 bridgehead atoms. The molecule has 1 aromatic carbocycles. The van der Waals surface area contributed by atoms with Gasteiger partial charge >= 0.3 is 0 Å². The fraction of sp³-hybridized carbons (Fsp3) is 0.538. The molecule has 1 unspecified atom stereocenters. The van der Waals surface area contributed by atoms with Crippen LogP contribution in [0.4, 0.5) is 5.69 Å². The van der Waals surface area contributed by atoms with Crippen LogP contribution >= 0.6 is 11.8 Å². The summed E-state index contributed by atoms with van der Waals surface area (Å²) in [5.74, 6) is 1.93. The number of aliphatic hydroxyl groups is 1. The van der Waals surface area contributed by atoms with E-state index in [4.69, 9.17) is 15.6 Å². The first-order chi connectivity index (χ1) is 8.02. The van der Waals surface area contributed by atoms with Gasteiger partial charge in [0.05, 0.1) is 11.8 Å². The Morgan fingerprint density at radius 2 is 2.06 bits per heavy atom. The second-order valence-corrected chi connectivity index (χ2v) is 5.56. The third kappa shape index (κ3) is 4.88. The van der Waals surface area contributed by atoms with Gasteiger partial charge in [-0.1, -0.05) is 6.92 Å². The highest BCUT2D eigenvalue weighted by atomic mass is 32.2. The number of hydrogen-bond donors (Lipinski definition) is 2. The van der Waals surface area contributed by atoms with Crippen LogP contribution in [0.25, 0.3) is 0 Å². The molecule has 17 heavy (non-hydrogen) atoms. The topological polar surface area (TPSA) is 55.5 Å². The second kappa shape index (κ2) is 6.77. The van der Waals surface area contributed by atoms with Gasteiger partial charge < -0.3 is 15.6 Å². The maximum absolute atomic E-state index is 8.97. The lowest BCUT2D eigenvalue weighted by Crippen LogP contribution is -2.07. The van der Waals surface area contributed by atoms with Crippen molar-refractivity contribution in [3.05, 3.63) is 18.2 Å². The third-order valence-corrected chi connectivity index (χ3v) is 3.52. The van der Waals surface area contributed by atoms with E-state index in [1.807, 2.05) is 39.0 Å². The first-order valence-electron chi connectivity index (χ1n) is 5.82. The van der Waals surface area contributed by atoms with E-state index in [2.05, 4.69) is 0 Å². The van der Waals surface area contributed by atoms with E-state index in [0.29, 0.717) is 11.6 Å². The molecule has 0 fully saturated rings. The summed E-state index contributed by atoms with van der Waals surface area (Å²) in [5, 5.41) is 8.97. The Morgan fingerprint density at radius 1 is 1.35 bits per heavy atom. The van der Waals surface area contributed by atoms with E-state index in [0.717, 1.165) is 16.4 Å². The molecule has 0 amide bonds. The smallest absolute Gasteiger partial charge is 0.143 e. The zero-order valence-electron chi connectivity index (χ0n) is 10.6. The molecule has 1 aromatic rings. The van der Waals surface area contributed by atoms with Crippen molar-refractivity contribution in [3.63, 3.8) is 0 Å². The fourth-order valence-corrected chi connectivity index (χ4v) is 2.19. The van der Waals surface area contributed by atoms with Crippen LogP contribution in [0.3, 0.4) is 0 Å². The van der Waals surface area contributed by atoms with Gasteiger partial charge in [0.2, 0.25) is 0 Å². The summed E-state index contributed by atoms with van der Waals surface area (Å²) < 4.78 is 5.63. The number of anilines is 1. The van der Waals surface area contributed by atoms with Gasteiger partial charge in [-0.15, -0.1) is 11.8 Å². The Morgan fingerprint density at radius 3 is 2.65 bits per heavy atom. The van der Waals surface area contributed by atoms with Crippen LogP contribution in [0, 0.1) is 5.92 Å². The monoisotopic (exact) mass is 255 g/mol. The maximum atomic E-state index is 8.97. The van der Waals surface area contributed by atoms with Crippen LogP contribution in [-0.4, -0.2) is 23.6 Å². The average molecular weight is 255 g/mol. The molecule has 0 aromatic heterocycles. The van der Waals surface area contributed by atoms with Gasteiger partial charge in [-0.2, -0.15) is 0 Å². The van der Waals surface area contributed by atoms with Crippen LogP contribution in [0.15, 0.2) is 23.1 Å². The van der Waals surface area contributed by atoms with Crippen LogP contribution in [0.2, 0.25) is 0 Å². The standard InChI is InChI=1S/C13H21NO2S/c1-9(2)16-13-6-11(4-5-12(13)14)17-8-10(3)7-15/h4-6,9-10,15H,7-8,14H2,1-3H3. The predicted octanol–water partition coefficient (Wildman–Crippen LogP) is 2.78. The van der Waals surface area contributed by atoms with Crippen molar-refractivity contribution in [2.75, 3.05) is 18.1 Å². The fourth-order valence-electron chi connectivity index (χ4n) is 1.25. The Balaban J connectivity index is 2.67. The van der Waals surface area contributed by atoms with E-state index in [1.54, 1.807) is 11.8 Å². The lowest BCUT2D eigenvalue weighted by atomic mass is 10.2. The molecular formula is C13H21NO2S. The van der Waals surface area contributed by atoms with Crippen LogP contribution in [0.1, 0.15) is 20.8 Å². The molecule has 4 heteroatoms. The number of nitrogen functional groups attached to an aromatic ring is 1. The molecule has 1 atom stereocenters. The Hall–Kier alpha value is -0.870. The van der Waals surface area contributed by atoms with Gasteiger partial charge in [0, 0.05) is 17.3 Å². The minimum atomic E-state index is 0.119. The van der Waals surface area contributed by atoms with E-state index >= 15 is 0 Å². The molecule has 96 valence electrons. The Labute approximate surface area is 107 Å². The van der Waals surface area contributed by atoms with E-state index in [-0.39, 0.29) is 12.7 Å². The van der Waals surface area contributed by atoms with Crippen molar-refractivity contribution in [1.82, 2.24) is 0 Å². The van der Waals surface area contributed by atoms with Crippen LogP contribution in [0.5, 0.6) is 5.75 Å². The Bertz CT molecular complexity index is 355. The van der Waals surface area contributed by atoms with Crippen molar-refractivity contribution in [2.45, 2.75) is 31.8 Å². The van der Waals surface area contributed by atoms with Crippen molar-refractivity contribution in [1.29, 1.82) is 0 Å². The summed E-state index contributed by atoms with van der Waals surface area (Å²) in [6.07, 6.45) is 0.119. The molecule has 0 saturated carbocycles. The molecule has 0 aliphatic rings. The van der Waals surface area contributed by atoms with Gasteiger partial charge in [-0.25, -0.2) is 0 Å². The summed E-state index contributed by atoms with van der Waals surface area (Å²) in [4.78, 5) is 1.12. The molecule has 0 radical (unpaired) electrons. The summed E-state index contributed by atoms with van der Waals surface area (Å²) in [5.41, 5.74) is 6.51. The third-order valence-electron chi connectivity index (χ3n) is 2.19. The molecule has 0 aliphatic carbocycles. The first-order valence-corrected chi connectivity index (χ1v) is 6.81. The average Bonchev–Trinajstić information content (AvgIpc) is 2.29. The molecule has 1 rings (SSSR count). The maximum Gasteiger partial charge on any atom is 0.143 e. The van der Waals surface area contributed by atoms with Gasteiger partial charge in [0.1, 0.15) is 5.75 Å². The van der Waals surface area contributed by atoms with Crippen molar-refractivity contribution < 1.29 is 9.84 Å². The molecule has 0 heterocycles. The minimum absolute atomic E-state index is 0.119. The number of aliphatic hydroxyl groups excluding tert-OH is 1. The lowest BCUT2D eigenvalue weighted by molar-refractivity contribution is 0.243. The van der Waals surface area contributed by atoms with Gasteiger partial charge in [0.25, 0.3) is 0 Å². The highest BCUT2D eigenvalue weighted by Gasteiger charge is 2.06. The van der Waals surface area contributed by atoms with E-state index < -0.39 is 0 Å². The SMILES string of the molecule is CC(CO)CSc1ccc(N)c(OC(C)C)c1. The summed E-state index contributed by atoms with van der Waals surface area (Å²) in [6, 6.07) is 5.81. The highest BCUT2D eigenvalue weighted by molar-refractivity contribution is 7.99. The highest BCUT2D eigenvalue weighted by Crippen LogP contribution is 2.30. The number of hydrogen-bond acceptors (Lipinski definition) is 4. The molecule has 0 saturated heterocycles. The van der Waals surface area contributed by atoms with E-state index in [1.165, 1.54) is 0 Å². The van der Waals surface area contributed by atoms with Crippen molar-refractivity contribution in [3.8, 4) is 5.75 Å². The van der Waals surface area contributed by atoms with E-state index in [9.17, 15) is 0 Å². The number of nitrogens with two attached hydrogens (primary N) is 1. The number of thioether (sulfide) groups is 1. The molecule has 3 N–H and O–H groups in total. The number of rotatable bonds is 6. The summed E-state index contributed by atoms with van der Waals surface area (Å²) >= 11 is 1.71. The predicted molar refractivity (Wildman–Crippen MR) is 73.6 cm³/mol. The summed E-state index contributed by atoms with van der Waals surface area (Å²) in [6.45, 7) is 6.20. The van der Waals surface area contributed by atoms with Crippen LogP contribution in [-0.2, 0) is 0 Å². The molecule has 0 spiro atoms. The number of benzene rings is 1. The first kappa shape index (κ1) is 14.2. The normalized spacial score (nSPS) is 12.8. The van der Waals surface area contributed by atoms with Gasteiger partial charge in [-0.3, -0.25) is 0 Å². The largest absolute Gasteiger partial charge is 0.489 e. The Kier molecular flexibility index (Phi) is 5.65. The van der Waals surface area contributed by atoms with Crippen LogP contribution < -0.4 is 10.5 Å². The zero-order valence-corrected chi connectivity index (χ0v) is 11.5. The molecular weight excluding hydrogens is 234 g/mol. The van der Waals surface area contributed by atoms with Gasteiger partial charge in [-0.05, 0) is 38.0 Å². The van der Waals surface area contributed by atoms with Crippen molar-refractivity contribution >= 4 is 17.4 Å². The lowest BCUT2D eigenvalue weighted by Gasteiger charge is -2.14.